The lowest BCUT2D eigenvalue weighted by Gasteiger charge is -2.23. The molecule has 9 aromatic rings. The van der Waals surface area contributed by atoms with Gasteiger partial charge in [-0.1, -0.05) is 155 Å². The third-order valence-corrected chi connectivity index (χ3v) is 12.8. The van der Waals surface area contributed by atoms with Gasteiger partial charge in [0.05, 0.1) is 22.4 Å². The van der Waals surface area contributed by atoms with Crippen LogP contribution in [-0.2, 0) is 10.8 Å². The van der Waals surface area contributed by atoms with Crippen LogP contribution in [0.25, 0.3) is 89.2 Å². The van der Waals surface area contributed by atoms with Gasteiger partial charge in [0.15, 0.2) is 0 Å². The molecule has 0 amide bonds. The maximum Gasteiger partial charge on any atom is 0.0973 e. The van der Waals surface area contributed by atoms with Gasteiger partial charge in [0.2, 0.25) is 0 Å². The minimum Gasteiger partial charge on any atom is -0.265 e. The molecule has 0 saturated heterocycles. The number of pyridine rings is 1. The van der Waals surface area contributed by atoms with Crippen molar-refractivity contribution in [2.24, 2.45) is 0 Å². The highest BCUT2D eigenvalue weighted by atomic mass is 14.8. The van der Waals surface area contributed by atoms with Crippen LogP contribution in [0, 0.1) is 0 Å². The average Bonchev–Trinajstić information content (AvgIpc) is 3.65. The second kappa shape index (κ2) is 12.8. The first kappa shape index (κ1) is 34.3. The summed E-state index contributed by atoms with van der Waals surface area (Å²) < 4.78 is 0. The summed E-state index contributed by atoms with van der Waals surface area (Å²) in [6.07, 6.45) is 3.67. The van der Waals surface area contributed by atoms with Crippen molar-refractivity contribution in [3.8, 4) is 78.1 Å². The van der Waals surface area contributed by atoms with Gasteiger partial charge in [0, 0.05) is 34.4 Å². The summed E-state index contributed by atoms with van der Waals surface area (Å²) in [5.74, 6) is 0. The summed E-state index contributed by atoms with van der Waals surface area (Å²) in [6.45, 7) is 9.41. The molecular weight excluding hydrogens is 703 g/mol. The van der Waals surface area contributed by atoms with Crippen LogP contribution in [-0.4, -0.2) is 15.0 Å². The third-order valence-electron chi connectivity index (χ3n) is 12.8. The molecule has 276 valence electrons. The Balaban J connectivity index is 1.14. The zero-order chi connectivity index (χ0) is 39.2. The second-order valence-electron chi connectivity index (χ2n) is 16.8. The SMILES string of the molecule is CC1(C)c2ccccc2-c2ccc(-c3cc4nc(-c5ccccc5)c(-c5ccc(-c6ccncc6)cc5)nc4cc3-c3ccc4c(c3)C(C)(C)c3ccccc3-4)cc21. The van der Waals surface area contributed by atoms with Gasteiger partial charge in [-0.05, 0) is 114 Å². The van der Waals surface area contributed by atoms with E-state index in [1.165, 1.54) is 55.6 Å². The fourth-order valence-corrected chi connectivity index (χ4v) is 9.69. The number of rotatable bonds is 5. The van der Waals surface area contributed by atoms with Crippen LogP contribution in [0.1, 0.15) is 49.9 Å². The summed E-state index contributed by atoms with van der Waals surface area (Å²) >= 11 is 0. The molecule has 0 atom stereocenters. The van der Waals surface area contributed by atoms with Crippen molar-refractivity contribution in [2.75, 3.05) is 0 Å². The van der Waals surface area contributed by atoms with Crippen molar-refractivity contribution in [1.29, 1.82) is 0 Å². The second-order valence-corrected chi connectivity index (χ2v) is 16.8. The van der Waals surface area contributed by atoms with Crippen molar-refractivity contribution >= 4 is 11.0 Å². The first-order valence-electron chi connectivity index (χ1n) is 20.2. The summed E-state index contributed by atoms with van der Waals surface area (Å²) in [4.78, 5) is 15.2. The van der Waals surface area contributed by atoms with Crippen LogP contribution >= 0.6 is 0 Å². The van der Waals surface area contributed by atoms with Crippen LogP contribution < -0.4 is 0 Å². The van der Waals surface area contributed by atoms with Crippen molar-refractivity contribution < 1.29 is 0 Å². The predicted molar refractivity (Wildman–Crippen MR) is 240 cm³/mol. The zero-order valence-electron chi connectivity index (χ0n) is 33.1. The minimum absolute atomic E-state index is 0.121. The van der Waals surface area contributed by atoms with Crippen molar-refractivity contribution in [3.05, 3.63) is 198 Å². The van der Waals surface area contributed by atoms with Gasteiger partial charge >= 0.3 is 0 Å². The normalized spacial score (nSPS) is 14.1. The number of benzene rings is 7. The molecule has 3 nitrogen and oxygen atoms in total. The Labute approximate surface area is 339 Å². The number of nitrogens with zero attached hydrogens (tertiary/aromatic N) is 3. The molecule has 2 aliphatic carbocycles. The van der Waals surface area contributed by atoms with Gasteiger partial charge in [0.1, 0.15) is 0 Å². The topological polar surface area (TPSA) is 38.7 Å². The summed E-state index contributed by atoms with van der Waals surface area (Å²) in [6, 6.07) is 59.6. The Hall–Kier alpha value is -6.97. The van der Waals surface area contributed by atoms with E-state index in [0.717, 1.165) is 55.8 Å². The quantitative estimate of drug-likeness (QED) is 0.176. The van der Waals surface area contributed by atoms with Crippen LogP contribution in [0.3, 0.4) is 0 Å². The monoisotopic (exact) mass is 743 g/mol. The van der Waals surface area contributed by atoms with E-state index < -0.39 is 0 Å². The first-order chi connectivity index (χ1) is 28.3. The predicted octanol–water partition coefficient (Wildman–Crippen LogP) is 14.0. The van der Waals surface area contributed by atoms with E-state index in [4.69, 9.17) is 9.97 Å². The van der Waals surface area contributed by atoms with Gasteiger partial charge in [-0.2, -0.15) is 0 Å². The van der Waals surface area contributed by atoms with Crippen molar-refractivity contribution in [2.45, 2.75) is 38.5 Å². The Kier molecular flexibility index (Phi) is 7.55. The lowest BCUT2D eigenvalue weighted by Crippen LogP contribution is -2.15. The van der Waals surface area contributed by atoms with E-state index in [-0.39, 0.29) is 10.8 Å². The molecule has 0 fully saturated rings. The van der Waals surface area contributed by atoms with Crippen LogP contribution in [0.5, 0.6) is 0 Å². The van der Waals surface area contributed by atoms with Crippen LogP contribution in [0.15, 0.2) is 176 Å². The Morgan fingerprint density at radius 1 is 0.310 bits per heavy atom. The highest BCUT2D eigenvalue weighted by Gasteiger charge is 2.37. The van der Waals surface area contributed by atoms with Crippen LogP contribution in [0.2, 0.25) is 0 Å². The molecule has 0 saturated carbocycles. The standard InChI is InChI=1S/C55H41N3/c1-54(2)46-16-10-8-14-40(46)42-24-22-38(30-48(42)54)44-32-50-51(33-45(44)39-23-25-43-41-15-9-11-17-47(41)55(3,4)49(43)31-39)58-53(52(57-50)36-12-6-5-7-13-36)37-20-18-34(19-21-37)35-26-28-56-29-27-35/h5-33H,1-4H3. The van der Waals surface area contributed by atoms with E-state index in [2.05, 4.69) is 184 Å². The summed E-state index contributed by atoms with van der Waals surface area (Å²) in [5.41, 5.74) is 22.9. The van der Waals surface area contributed by atoms with Gasteiger partial charge in [-0.15, -0.1) is 0 Å². The Morgan fingerprint density at radius 3 is 1.22 bits per heavy atom. The number of aromatic nitrogens is 3. The molecule has 0 bridgehead atoms. The summed E-state index contributed by atoms with van der Waals surface area (Å²) in [5, 5.41) is 0. The molecule has 2 aliphatic rings. The molecule has 0 unspecified atom stereocenters. The van der Waals surface area contributed by atoms with E-state index in [1.807, 2.05) is 24.5 Å². The molecular formula is C55H41N3. The Bertz CT molecular complexity index is 3090. The van der Waals surface area contributed by atoms with E-state index in [0.29, 0.717) is 0 Å². The lowest BCUT2D eigenvalue weighted by molar-refractivity contribution is 0.660. The number of hydrogen-bond acceptors (Lipinski definition) is 3. The zero-order valence-corrected chi connectivity index (χ0v) is 33.1. The lowest BCUT2D eigenvalue weighted by atomic mass is 9.80. The maximum absolute atomic E-state index is 5.51. The molecule has 0 radical (unpaired) electrons. The van der Waals surface area contributed by atoms with Crippen molar-refractivity contribution in [3.63, 3.8) is 0 Å². The van der Waals surface area contributed by atoms with E-state index >= 15 is 0 Å². The fraction of sp³-hybridized carbons (Fsp3) is 0.109. The van der Waals surface area contributed by atoms with Gasteiger partial charge in [-0.3, -0.25) is 4.98 Å². The molecule has 2 heterocycles. The van der Waals surface area contributed by atoms with E-state index in [9.17, 15) is 0 Å². The molecule has 3 heteroatoms. The fourth-order valence-electron chi connectivity index (χ4n) is 9.69. The highest BCUT2D eigenvalue weighted by Crippen LogP contribution is 2.52. The van der Waals surface area contributed by atoms with E-state index in [1.54, 1.807) is 0 Å². The first-order valence-corrected chi connectivity index (χ1v) is 20.2. The summed E-state index contributed by atoms with van der Waals surface area (Å²) in [7, 11) is 0. The number of fused-ring (bicyclic) bond motifs is 7. The smallest absolute Gasteiger partial charge is 0.0973 e. The molecule has 0 aliphatic heterocycles. The Morgan fingerprint density at radius 2 is 0.707 bits per heavy atom. The van der Waals surface area contributed by atoms with Crippen LogP contribution in [0.4, 0.5) is 0 Å². The maximum atomic E-state index is 5.51. The molecule has 0 spiro atoms. The third kappa shape index (κ3) is 5.23. The molecule has 0 N–H and O–H groups in total. The molecule has 7 aromatic carbocycles. The van der Waals surface area contributed by atoms with Crippen molar-refractivity contribution in [1.82, 2.24) is 15.0 Å². The molecule has 2 aromatic heterocycles. The molecule has 11 rings (SSSR count). The molecule has 58 heavy (non-hydrogen) atoms. The highest BCUT2D eigenvalue weighted by molar-refractivity contribution is 5.98. The van der Waals surface area contributed by atoms with Gasteiger partial charge in [0.25, 0.3) is 0 Å². The minimum atomic E-state index is -0.123. The van der Waals surface area contributed by atoms with Gasteiger partial charge in [-0.25, -0.2) is 9.97 Å². The van der Waals surface area contributed by atoms with Gasteiger partial charge < -0.3 is 0 Å². The average molecular weight is 744 g/mol. The largest absolute Gasteiger partial charge is 0.265 e. The number of hydrogen-bond donors (Lipinski definition) is 0.